The van der Waals surface area contributed by atoms with Gasteiger partial charge in [0.05, 0.1) is 17.7 Å². The molecule has 5 nitrogen and oxygen atoms in total. The van der Waals surface area contributed by atoms with Crippen molar-refractivity contribution in [2.45, 2.75) is 25.9 Å². The fourth-order valence-corrected chi connectivity index (χ4v) is 2.83. The second-order valence-corrected chi connectivity index (χ2v) is 7.14. The van der Waals surface area contributed by atoms with Gasteiger partial charge >= 0.3 is 0 Å². The number of anilines is 1. The molecule has 0 unspecified atom stereocenters. The molecule has 1 aromatic heterocycles. The molecule has 138 valence electrons. The lowest BCUT2D eigenvalue weighted by Crippen LogP contribution is -2.29. The van der Waals surface area contributed by atoms with Gasteiger partial charge in [-0.25, -0.2) is 0 Å². The van der Waals surface area contributed by atoms with Crippen LogP contribution in [0.5, 0.6) is 5.75 Å². The van der Waals surface area contributed by atoms with Gasteiger partial charge in [-0.1, -0.05) is 47.9 Å². The minimum Gasteiger partial charge on any atom is -0.495 e. The predicted octanol–water partition coefficient (Wildman–Crippen LogP) is 3.99. The van der Waals surface area contributed by atoms with Gasteiger partial charge in [-0.2, -0.15) is 0 Å². The Morgan fingerprint density at radius 3 is 2.56 bits per heavy atom. The van der Waals surface area contributed by atoms with Crippen molar-refractivity contribution in [3.05, 3.63) is 58.7 Å². The molecule has 0 radical (unpaired) electrons. The fraction of sp³-hybridized carbons (Fsp3) is 0.238. The molecule has 0 bridgehead atoms. The van der Waals surface area contributed by atoms with Crippen LogP contribution in [0.3, 0.4) is 0 Å². The molecule has 0 fully saturated rings. The van der Waals surface area contributed by atoms with Crippen molar-refractivity contribution in [2.75, 3.05) is 12.4 Å². The molecule has 6 heteroatoms. The molecule has 27 heavy (non-hydrogen) atoms. The smallest absolute Gasteiger partial charge is 0.156 e. The Kier molecular flexibility index (Phi) is 5.50. The van der Waals surface area contributed by atoms with Gasteiger partial charge < -0.3 is 15.8 Å². The standard InChI is InChI=1S/C21H21ClN4O/c1-21(2,23)11-10-18-15-6-4-5-7-16(15)20(26-25-18)24-13-14-8-9-19(27-3)17(22)12-14/h4-9,12H,13,23H2,1-3H3,(H,24,26). The lowest BCUT2D eigenvalue weighted by atomic mass is 10.1. The number of ether oxygens (including phenoxy) is 1. The van der Waals surface area contributed by atoms with E-state index in [1.165, 1.54) is 0 Å². The van der Waals surface area contributed by atoms with Crippen LogP contribution in [-0.2, 0) is 6.54 Å². The van der Waals surface area contributed by atoms with Gasteiger partial charge in [-0.05, 0) is 37.5 Å². The Labute approximate surface area is 163 Å². The number of rotatable bonds is 4. The molecular weight excluding hydrogens is 360 g/mol. The minimum atomic E-state index is -0.590. The number of nitrogens with zero attached hydrogens (tertiary/aromatic N) is 2. The van der Waals surface area contributed by atoms with E-state index in [9.17, 15) is 0 Å². The van der Waals surface area contributed by atoms with Crippen LogP contribution in [0, 0.1) is 11.8 Å². The van der Waals surface area contributed by atoms with Crippen LogP contribution >= 0.6 is 11.6 Å². The number of aromatic nitrogens is 2. The second-order valence-electron chi connectivity index (χ2n) is 6.74. The summed E-state index contributed by atoms with van der Waals surface area (Å²) < 4.78 is 5.18. The molecule has 0 aliphatic heterocycles. The van der Waals surface area contributed by atoms with Crippen molar-refractivity contribution in [1.82, 2.24) is 10.2 Å². The summed E-state index contributed by atoms with van der Waals surface area (Å²) in [5.41, 5.74) is 6.99. The lowest BCUT2D eigenvalue weighted by molar-refractivity contribution is 0.415. The first-order chi connectivity index (χ1) is 12.9. The summed E-state index contributed by atoms with van der Waals surface area (Å²) in [6, 6.07) is 13.6. The van der Waals surface area contributed by atoms with Crippen molar-refractivity contribution in [1.29, 1.82) is 0 Å². The van der Waals surface area contributed by atoms with Crippen LogP contribution in [0.4, 0.5) is 5.82 Å². The van der Waals surface area contributed by atoms with Crippen molar-refractivity contribution < 1.29 is 4.74 Å². The largest absolute Gasteiger partial charge is 0.495 e. The van der Waals surface area contributed by atoms with Crippen molar-refractivity contribution in [2.24, 2.45) is 5.73 Å². The molecule has 0 aliphatic carbocycles. The molecule has 2 aromatic carbocycles. The summed E-state index contributed by atoms with van der Waals surface area (Å²) in [4.78, 5) is 0. The van der Waals surface area contributed by atoms with Gasteiger partial charge in [-0.3, -0.25) is 0 Å². The average molecular weight is 381 g/mol. The maximum absolute atomic E-state index is 6.19. The fourth-order valence-electron chi connectivity index (χ4n) is 2.55. The van der Waals surface area contributed by atoms with Crippen LogP contribution < -0.4 is 15.8 Å². The number of hydrogen-bond donors (Lipinski definition) is 2. The zero-order valence-electron chi connectivity index (χ0n) is 15.5. The van der Waals surface area contributed by atoms with E-state index < -0.39 is 5.54 Å². The first-order valence-corrected chi connectivity index (χ1v) is 8.89. The molecule has 3 N–H and O–H groups in total. The highest BCUT2D eigenvalue weighted by Gasteiger charge is 2.10. The van der Waals surface area contributed by atoms with Crippen molar-refractivity contribution >= 4 is 28.2 Å². The molecule has 0 atom stereocenters. The summed E-state index contributed by atoms with van der Waals surface area (Å²) >= 11 is 6.19. The van der Waals surface area contributed by atoms with Crippen molar-refractivity contribution in [3.63, 3.8) is 0 Å². The van der Waals surface area contributed by atoms with E-state index in [0.717, 1.165) is 16.3 Å². The SMILES string of the molecule is COc1ccc(CNc2nnc(C#CC(C)(C)N)c3ccccc23)cc1Cl. The first kappa shape index (κ1) is 19.0. The first-order valence-electron chi connectivity index (χ1n) is 8.51. The van der Waals surface area contributed by atoms with Crippen LogP contribution in [0.25, 0.3) is 10.8 Å². The summed E-state index contributed by atoms with van der Waals surface area (Å²) in [6.45, 7) is 4.26. The molecule has 0 saturated heterocycles. The Morgan fingerprint density at radius 1 is 1.15 bits per heavy atom. The monoisotopic (exact) mass is 380 g/mol. The van der Waals surface area contributed by atoms with Gasteiger partial charge in [0.1, 0.15) is 11.4 Å². The maximum atomic E-state index is 6.19. The van der Waals surface area contributed by atoms with Crippen LogP contribution in [0.15, 0.2) is 42.5 Å². The van der Waals surface area contributed by atoms with Crippen molar-refractivity contribution in [3.8, 4) is 17.6 Å². The van der Waals surface area contributed by atoms with Crippen LogP contribution in [0.1, 0.15) is 25.1 Å². The predicted molar refractivity (Wildman–Crippen MR) is 110 cm³/mol. The van der Waals surface area contributed by atoms with Gasteiger partial charge in [0.2, 0.25) is 0 Å². The second kappa shape index (κ2) is 7.83. The Hall–Kier alpha value is -2.81. The topological polar surface area (TPSA) is 73.1 Å². The number of halogens is 1. The highest BCUT2D eigenvalue weighted by Crippen LogP contribution is 2.26. The summed E-state index contributed by atoms with van der Waals surface area (Å²) in [6.07, 6.45) is 0. The Balaban J connectivity index is 1.89. The summed E-state index contributed by atoms with van der Waals surface area (Å²) in [7, 11) is 1.59. The number of fused-ring (bicyclic) bond motifs is 1. The summed E-state index contributed by atoms with van der Waals surface area (Å²) in [5.74, 6) is 7.38. The highest BCUT2D eigenvalue weighted by atomic mass is 35.5. The van der Waals surface area contributed by atoms with E-state index in [-0.39, 0.29) is 0 Å². The van der Waals surface area contributed by atoms with E-state index in [4.69, 9.17) is 22.1 Å². The molecule has 0 aliphatic rings. The number of benzene rings is 2. The number of nitrogens with one attached hydrogen (secondary N) is 1. The molecule has 3 rings (SSSR count). The Bertz CT molecular complexity index is 1030. The third-order valence-electron chi connectivity index (χ3n) is 3.87. The molecule has 0 spiro atoms. The van der Waals surface area contributed by atoms with E-state index in [0.29, 0.717) is 28.8 Å². The van der Waals surface area contributed by atoms with Gasteiger partial charge in [0, 0.05) is 17.3 Å². The molecule has 1 heterocycles. The van der Waals surface area contributed by atoms with E-state index >= 15 is 0 Å². The number of nitrogens with two attached hydrogens (primary N) is 1. The Morgan fingerprint density at radius 2 is 1.89 bits per heavy atom. The van der Waals surface area contributed by atoms with Gasteiger partial charge in [0.25, 0.3) is 0 Å². The molecule has 0 saturated carbocycles. The zero-order chi connectivity index (χ0) is 19.4. The summed E-state index contributed by atoms with van der Waals surface area (Å²) in [5, 5.41) is 14.4. The van der Waals surface area contributed by atoms with Crippen LogP contribution in [-0.4, -0.2) is 22.8 Å². The minimum absolute atomic E-state index is 0.559. The molecular formula is C21H21ClN4O. The third-order valence-corrected chi connectivity index (χ3v) is 4.16. The van der Waals surface area contributed by atoms with E-state index in [1.807, 2.05) is 56.3 Å². The molecule has 0 amide bonds. The van der Waals surface area contributed by atoms with Crippen LogP contribution in [0.2, 0.25) is 5.02 Å². The number of hydrogen-bond acceptors (Lipinski definition) is 5. The maximum Gasteiger partial charge on any atom is 0.156 e. The number of methoxy groups -OCH3 is 1. The van der Waals surface area contributed by atoms with E-state index in [1.54, 1.807) is 7.11 Å². The zero-order valence-corrected chi connectivity index (χ0v) is 16.3. The lowest BCUT2D eigenvalue weighted by Gasteiger charge is -2.11. The highest BCUT2D eigenvalue weighted by molar-refractivity contribution is 6.32. The third kappa shape index (κ3) is 4.68. The average Bonchev–Trinajstić information content (AvgIpc) is 2.64. The molecule has 3 aromatic rings. The quantitative estimate of drug-likeness (QED) is 0.669. The van der Waals surface area contributed by atoms with Gasteiger partial charge in [0.15, 0.2) is 5.82 Å². The van der Waals surface area contributed by atoms with E-state index in [2.05, 4.69) is 27.4 Å². The normalized spacial score (nSPS) is 11.0. The van der Waals surface area contributed by atoms with Gasteiger partial charge in [-0.15, -0.1) is 10.2 Å².